The standard InChI is InChI=1S/C33H47N3O3/c1-3-21-36(33(38)39-24-11-15-27-12-6-4-7-13-27)30-19-22-35(23-20-30)26-28-14-10-18-31(25-28)34(2)32(37)29-16-8-5-9-17-29/h4-9,12-13,16-17,28,30-31H,3,10-11,14-15,18-26H2,1-2H3. The number of piperidine rings is 1. The first-order chi connectivity index (χ1) is 19.0. The largest absolute Gasteiger partial charge is 0.449 e. The van der Waals surface area contributed by atoms with Gasteiger partial charge in [0.15, 0.2) is 0 Å². The average molecular weight is 534 g/mol. The van der Waals surface area contributed by atoms with E-state index in [0.29, 0.717) is 18.6 Å². The predicted molar refractivity (Wildman–Crippen MR) is 157 cm³/mol. The second kappa shape index (κ2) is 15.1. The number of carbonyl (C=O) groups is 2. The number of nitrogens with zero attached hydrogens (tertiary/aromatic N) is 3. The van der Waals surface area contributed by atoms with Crippen LogP contribution in [-0.2, 0) is 11.2 Å². The lowest BCUT2D eigenvalue weighted by molar-refractivity contribution is 0.0530. The number of hydrogen-bond acceptors (Lipinski definition) is 4. The zero-order valence-electron chi connectivity index (χ0n) is 24.0. The minimum absolute atomic E-state index is 0.130. The topological polar surface area (TPSA) is 53.1 Å². The summed E-state index contributed by atoms with van der Waals surface area (Å²) in [5.41, 5.74) is 2.06. The van der Waals surface area contributed by atoms with Gasteiger partial charge in [-0.15, -0.1) is 0 Å². The monoisotopic (exact) mass is 533 g/mol. The quantitative estimate of drug-likeness (QED) is 0.320. The summed E-state index contributed by atoms with van der Waals surface area (Å²) in [5, 5.41) is 0. The molecule has 0 aromatic heterocycles. The summed E-state index contributed by atoms with van der Waals surface area (Å²) in [5.74, 6) is 0.748. The summed E-state index contributed by atoms with van der Waals surface area (Å²) < 4.78 is 5.71. The van der Waals surface area contributed by atoms with E-state index in [9.17, 15) is 9.59 Å². The predicted octanol–water partition coefficient (Wildman–Crippen LogP) is 6.26. The highest BCUT2D eigenvalue weighted by atomic mass is 16.6. The number of hydrogen-bond donors (Lipinski definition) is 0. The highest BCUT2D eigenvalue weighted by molar-refractivity contribution is 5.94. The van der Waals surface area contributed by atoms with Gasteiger partial charge in [-0.1, -0.05) is 61.9 Å². The van der Waals surface area contributed by atoms with Crippen molar-refractivity contribution in [2.75, 3.05) is 39.8 Å². The molecule has 0 spiro atoms. The van der Waals surface area contributed by atoms with Crippen molar-refractivity contribution in [3.05, 3.63) is 71.8 Å². The van der Waals surface area contributed by atoms with E-state index in [1.807, 2.05) is 53.2 Å². The van der Waals surface area contributed by atoms with Gasteiger partial charge in [0.05, 0.1) is 6.61 Å². The molecule has 1 heterocycles. The Morgan fingerprint density at radius 3 is 2.31 bits per heavy atom. The first-order valence-electron chi connectivity index (χ1n) is 15.1. The summed E-state index contributed by atoms with van der Waals surface area (Å²) in [6.45, 7) is 6.49. The van der Waals surface area contributed by atoms with E-state index in [4.69, 9.17) is 4.74 Å². The van der Waals surface area contributed by atoms with Gasteiger partial charge in [-0.25, -0.2) is 4.79 Å². The van der Waals surface area contributed by atoms with E-state index in [0.717, 1.165) is 76.7 Å². The van der Waals surface area contributed by atoms with Crippen molar-refractivity contribution in [2.24, 2.45) is 5.92 Å². The molecule has 2 unspecified atom stereocenters. The molecule has 2 aliphatic rings. The van der Waals surface area contributed by atoms with Crippen molar-refractivity contribution in [3.63, 3.8) is 0 Å². The molecule has 2 aromatic carbocycles. The molecule has 0 bridgehead atoms. The molecular formula is C33H47N3O3. The minimum Gasteiger partial charge on any atom is -0.449 e. The normalized spacial score (nSPS) is 20.4. The minimum atomic E-state index is -0.149. The molecule has 4 rings (SSSR count). The van der Waals surface area contributed by atoms with E-state index in [-0.39, 0.29) is 18.0 Å². The molecule has 6 nitrogen and oxygen atoms in total. The van der Waals surface area contributed by atoms with Gasteiger partial charge in [0.2, 0.25) is 0 Å². The number of rotatable bonds is 11. The second-order valence-corrected chi connectivity index (χ2v) is 11.4. The molecule has 1 saturated heterocycles. The molecule has 2 amide bonds. The van der Waals surface area contributed by atoms with Gasteiger partial charge in [-0.3, -0.25) is 4.79 Å². The summed E-state index contributed by atoms with van der Waals surface area (Å²) in [6.07, 6.45) is 9.16. The van der Waals surface area contributed by atoms with Crippen molar-refractivity contribution in [3.8, 4) is 0 Å². The van der Waals surface area contributed by atoms with Gasteiger partial charge >= 0.3 is 6.09 Å². The summed E-state index contributed by atoms with van der Waals surface area (Å²) >= 11 is 0. The van der Waals surface area contributed by atoms with Crippen LogP contribution in [0.1, 0.15) is 74.2 Å². The molecule has 6 heteroatoms. The third kappa shape index (κ3) is 8.56. The fraction of sp³-hybridized carbons (Fsp3) is 0.576. The molecule has 0 radical (unpaired) electrons. The third-order valence-electron chi connectivity index (χ3n) is 8.54. The highest BCUT2D eigenvalue weighted by Crippen LogP contribution is 2.30. The molecule has 1 aliphatic carbocycles. The van der Waals surface area contributed by atoms with E-state index >= 15 is 0 Å². The van der Waals surface area contributed by atoms with Crippen LogP contribution in [0.5, 0.6) is 0 Å². The molecule has 2 aromatic rings. The van der Waals surface area contributed by atoms with Crippen molar-refractivity contribution in [1.29, 1.82) is 0 Å². The van der Waals surface area contributed by atoms with Crippen LogP contribution < -0.4 is 0 Å². The van der Waals surface area contributed by atoms with E-state index < -0.39 is 0 Å². The number of benzene rings is 2. The molecule has 1 saturated carbocycles. The fourth-order valence-corrected chi connectivity index (χ4v) is 6.34. The number of carbonyl (C=O) groups excluding carboxylic acids is 2. The Bertz CT molecular complexity index is 1010. The molecule has 0 N–H and O–H groups in total. The Hall–Kier alpha value is -2.86. The SMILES string of the molecule is CCCN(C(=O)OCCCc1ccccc1)C1CCN(CC2CCCC(N(C)C(=O)c3ccccc3)C2)CC1. The van der Waals surface area contributed by atoms with Crippen LogP contribution in [0.2, 0.25) is 0 Å². The lowest BCUT2D eigenvalue weighted by Crippen LogP contribution is -2.49. The number of aryl methyl sites for hydroxylation is 1. The first kappa shape index (κ1) is 29.1. The van der Waals surface area contributed by atoms with Gasteiger partial charge in [-0.2, -0.15) is 0 Å². The molecule has 2 fully saturated rings. The molecule has 2 atom stereocenters. The van der Waals surface area contributed by atoms with Gasteiger partial charge < -0.3 is 19.4 Å². The Kier molecular flexibility index (Phi) is 11.3. The lowest BCUT2D eigenvalue weighted by Gasteiger charge is -2.41. The lowest BCUT2D eigenvalue weighted by atomic mass is 9.84. The Morgan fingerprint density at radius 1 is 0.923 bits per heavy atom. The summed E-state index contributed by atoms with van der Waals surface area (Å²) in [4.78, 5) is 32.5. The summed E-state index contributed by atoms with van der Waals surface area (Å²) in [7, 11) is 1.97. The van der Waals surface area contributed by atoms with E-state index in [1.165, 1.54) is 18.4 Å². The van der Waals surface area contributed by atoms with Crippen LogP contribution in [0, 0.1) is 5.92 Å². The number of amides is 2. The second-order valence-electron chi connectivity index (χ2n) is 11.4. The van der Waals surface area contributed by atoms with Crippen LogP contribution in [0.4, 0.5) is 4.79 Å². The first-order valence-corrected chi connectivity index (χ1v) is 15.1. The van der Waals surface area contributed by atoms with Crippen LogP contribution >= 0.6 is 0 Å². The van der Waals surface area contributed by atoms with Crippen LogP contribution in [0.25, 0.3) is 0 Å². The molecule has 39 heavy (non-hydrogen) atoms. The van der Waals surface area contributed by atoms with E-state index in [2.05, 4.69) is 36.1 Å². The molecular weight excluding hydrogens is 486 g/mol. The highest BCUT2D eigenvalue weighted by Gasteiger charge is 2.32. The maximum absolute atomic E-state index is 13.0. The maximum Gasteiger partial charge on any atom is 0.410 e. The van der Waals surface area contributed by atoms with Gasteiger partial charge in [0.1, 0.15) is 0 Å². The van der Waals surface area contributed by atoms with Crippen molar-refractivity contribution in [1.82, 2.24) is 14.7 Å². The summed E-state index contributed by atoms with van der Waals surface area (Å²) in [6, 6.07) is 20.6. The average Bonchev–Trinajstić information content (AvgIpc) is 2.99. The Labute approximate surface area is 235 Å². The van der Waals surface area contributed by atoms with Crippen LogP contribution in [-0.4, -0.2) is 78.6 Å². The molecule has 1 aliphatic heterocycles. The Morgan fingerprint density at radius 2 is 1.62 bits per heavy atom. The maximum atomic E-state index is 13.0. The zero-order chi connectivity index (χ0) is 27.5. The van der Waals surface area contributed by atoms with Gasteiger partial charge in [0, 0.05) is 50.9 Å². The van der Waals surface area contributed by atoms with Crippen molar-refractivity contribution in [2.45, 2.75) is 76.8 Å². The third-order valence-corrected chi connectivity index (χ3v) is 8.54. The van der Waals surface area contributed by atoms with Gasteiger partial charge in [0.25, 0.3) is 5.91 Å². The number of likely N-dealkylation sites (tertiary alicyclic amines) is 1. The van der Waals surface area contributed by atoms with Crippen LogP contribution in [0.3, 0.4) is 0 Å². The van der Waals surface area contributed by atoms with Gasteiger partial charge in [-0.05, 0) is 75.0 Å². The smallest absolute Gasteiger partial charge is 0.410 e. The molecule has 212 valence electrons. The van der Waals surface area contributed by atoms with Crippen molar-refractivity contribution < 1.29 is 14.3 Å². The fourth-order valence-electron chi connectivity index (χ4n) is 6.34. The Balaban J connectivity index is 1.20. The van der Waals surface area contributed by atoms with Crippen LogP contribution in [0.15, 0.2) is 60.7 Å². The number of ether oxygens (including phenoxy) is 1. The van der Waals surface area contributed by atoms with Crippen molar-refractivity contribution >= 4 is 12.0 Å². The van der Waals surface area contributed by atoms with E-state index in [1.54, 1.807) is 0 Å². The zero-order valence-corrected chi connectivity index (χ0v) is 24.0.